The number of phosphoric acid groups is 1. The maximum atomic E-state index is 12.9. The van der Waals surface area contributed by atoms with E-state index in [4.69, 9.17) is 9.05 Å². The molecule has 0 aromatic rings. The molecule has 0 radical (unpaired) electrons. The van der Waals surface area contributed by atoms with Crippen LogP contribution in [0, 0.1) is 0 Å². The van der Waals surface area contributed by atoms with Crippen molar-refractivity contribution < 1.29 is 32.9 Å². The van der Waals surface area contributed by atoms with Crippen molar-refractivity contribution in [3.8, 4) is 0 Å². The number of amides is 1. The summed E-state index contributed by atoms with van der Waals surface area (Å²) in [5.74, 6) is -0.209. The van der Waals surface area contributed by atoms with Gasteiger partial charge in [0.2, 0.25) is 5.91 Å². The molecule has 0 aliphatic carbocycles. The normalized spacial score (nSPS) is 14.4. The van der Waals surface area contributed by atoms with Gasteiger partial charge in [-0.3, -0.25) is 9.36 Å². The average Bonchev–Trinajstić information content (AvgIpc) is 3.21. The molecule has 0 saturated heterocycles. The highest BCUT2D eigenvalue weighted by Crippen LogP contribution is 2.38. The Morgan fingerprint density at radius 3 is 1.33 bits per heavy atom. The predicted molar refractivity (Wildman–Crippen MR) is 261 cm³/mol. The lowest BCUT2D eigenvalue weighted by Crippen LogP contribution is -2.45. The fourth-order valence-corrected chi connectivity index (χ4v) is 8.20. The van der Waals surface area contributed by atoms with E-state index in [1.54, 1.807) is 6.08 Å². The highest BCUT2D eigenvalue weighted by Gasteiger charge is 2.23. The maximum absolute atomic E-state index is 12.9. The van der Waals surface area contributed by atoms with Gasteiger partial charge in [0.15, 0.2) is 0 Å². The van der Waals surface area contributed by atoms with E-state index >= 15 is 0 Å². The Hall–Kier alpha value is -1.28. The van der Waals surface area contributed by atoms with Crippen molar-refractivity contribution in [2.24, 2.45) is 0 Å². The number of phosphoric ester groups is 1. The van der Waals surface area contributed by atoms with E-state index in [0.717, 1.165) is 44.9 Å². The summed E-state index contributed by atoms with van der Waals surface area (Å²) < 4.78 is 23.2. The minimum Gasteiger partial charge on any atom is -0.756 e. The van der Waals surface area contributed by atoms with E-state index in [1.165, 1.54) is 173 Å². The fourth-order valence-electron chi connectivity index (χ4n) is 7.48. The molecule has 1 amide bonds. The van der Waals surface area contributed by atoms with Crippen molar-refractivity contribution >= 4 is 13.7 Å². The highest BCUT2D eigenvalue weighted by atomic mass is 31.2. The zero-order valence-electron chi connectivity index (χ0n) is 40.9. The molecule has 0 aromatic heterocycles. The molecular weight excluding hydrogens is 780 g/mol. The second-order valence-electron chi connectivity index (χ2n) is 18.9. The Morgan fingerprint density at radius 2 is 0.918 bits per heavy atom. The van der Waals surface area contributed by atoms with Crippen LogP contribution < -0.4 is 10.2 Å². The van der Waals surface area contributed by atoms with Crippen molar-refractivity contribution in [3.05, 3.63) is 36.5 Å². The number of aliphatic hydroxyl groups is 1. The molecule has 2 N–H and O–H groups in total. The van der Waals surface area contributed by atoms with Crippen LogP contribution in [0.25, 0.3) is 0 Å². The van der Waals surface area contributed by atoms with Gasteiger partial charge in [0.1, 0.15) is 13.2 Å². The molecule has 0 saturated carbocycles. The zero-order valence-corrected chi connectivity index (χ0v) is 41.8. The number of hydrogen-bond donors (Lipinski definition) is 2. The number of nitrogens with one attached hydrogen (secondary N) is 1. The predicted octanol–water partition coefficient (Wildman–Crippen LogP) is 14.4. The Labute approximate surface area is 378 Å². The van der Waals surface area contributed by atoms with Crippen LogP contribution in [0.5, 0.6) is 0 Å². The van der Waals surface area contributed by atoms with Crippen molar-refractivity contribution in [2.45, 2.75) is 251 Å². The summed E-state index contributed by atoms with van der Waals surface area (Å²) >= 11 is 0. The van der Waals surface area contributed by atoms with Gasteiger partial charge < -0.3 is 28.8 Å². The van der Waals surface area contributed by atoms with E-state index in [2.05, 4.69) is 43.5 Å². The van der Waals surface area contributed by atoms with Crippen LogP contribution in [0.1, 0.15) is 239 Å². The standard InChI is InChI=1S/C52H101N2O6P/c1-6-8-10-12-14-16-18-20-22-23-24-25-26-27-28-29-30-32-33-35-37-39-41-43-45-51(55)50(49-60-61(57,58)59-48-47-54(3,4)5)53-52(56)46-44-42-40-38-36-34-31-21-19-17-15-13-11-9-7-2/h29-30,35,37,43,45,50-51,55H,6-28,31-34,36,38-42,44,46-49H2,1-5H3,(H-,53,56,57,58)/b30-29+,37-35+,45-43+. The van der Waals surface area contributed by atoms with Crippen molar-refractivity contribution in [3.63, 3.8) is 0 Å². The third-order valence-corrected chi connectivity index (χ3v) is 12.5. The Balaban J connectivity index is 4.35. The molecular formula is C52H101N2O6P. The van der Waals surface area contributed by atoms with Crippen LogP contribution >= 0.6 is 7.82 Å². The molecule has 3 unspecified atom stereocenters. The summed E-state index contributed by atoms with van der Waals surface area (Å²) in [6.07, 6.45) is 55.0. The van der Waals surface area contributed by atoms with Crippen molar-refractivity contribution in [2.75, 3.05) is 40.9 Å². The number of nitrogens with zero attached hydrogens (tertiary/aromatic N) is 1. The lowest BCUT2D eigenvalue weighted by molar-refractivity contribution is -0.870. The van der Waals surface area contributed by atoms with Gasteiger partial charge in [0, 0.05) is 6.42 Å². The van der Waals surface area contributed by atoms with Gasteiger partial charge in [0.05, 0.1) is 39.9 Å². The SMILES string of the molecule is CCCCCCCCCCCCCCCC/C=C/CC/C=C/CC/C=C/C(O)C(COP(=O)([O-])OCC[N+](C)(C)C)NC(=O)CCCCCCCCCCCCCCCCC. The summed E-state index contributed by atoms with van der Waals surface area (Å²) in [5.41, 5.74) is 0. The number of allylic oxidation sites excluding steroid dienone is 5. The summed E-state index contributed by atoms with van der Waals surface area (Å²) in [4.78, 5) is 25.4. The number of hydrogen-bond acceptors (Lipinski definition) is 6. The van der Waals surface area contributed by atoms with Crippen LogP contribution in [-0.4, -0.2) is 68.5 Å². The van der Waals surface area contributed by atoms with Gasteiger partial charge in [-0.25, -0.2) is 0 Å². The number of rotatable bonds is 47. The number of unbranched alkanes of at least 4 members (excludes halogenated alkanes) is 30. The summed E-state index contributed by atoms with van der Waals surface area (Å²) in [6.45, 7) is 4.64. The minimum atomic E-state index is -4.60. The first-order valence-electron chi connectivity index (χ1n) is 25.9. The molecule has 0 rings (SSSR count). The molecule has 0 fully saturated rings. The topological polar surface area (TPSA) is 108 Å². The van der Waals surface area contributed by atoms with E-state index in [0.29, 0.717) is 17.4 Å². The molecule has 9 heteroatoms. The second-order valence-corrected chi connectivity index (χ2v) is 20.3. The number of carbonyl (C=O) groups is 1. The van der Waals surface area contributed by atoms with Gasteiger partial charge in [-0.2, -0.15) is 0 Å². The van der Waals surface area contributed by atoms with Crippen LogP contribution in [0.3, 0.4) is 0 Å². The lowest BCUT2D eigenvalue weighted by Gasteiger charge is -2.29. The van der Waals surface area contributed by atoms with Gasteiger partial charge in [-0.15, -0.1) is 0 Å². The monoisotopic (exact) mass is 881 g/mol. The van der Waals surface area contributed by atoms with Gasteiger partial charge >= 0.3 is 0 Å². The van der Waals surface area contributed by atoms with Crippen LogP contribution in [-0.2, 0) is 18.4 Å². The van der Waals surface area contributed by atoms with Crippen molar-refractivity contribution in [1.29, 1.82) is 0 Å². The Morgan fingerprint density at radius 1 is 0.557 bits per heavy atom. The molecule has 0 heterocycles. The zero-order chi connectivity index (χ0) is 45.0. The first-order chi connectivity index (χ1) is 29.5. The number of carbonyl (C=O) groups excluding carboxylic acids is 1. The highest BCUT2D eigenvalue weighted by molar-refractivity contribution is 7.45. The third-order valence-electron chi connectivity index (χ3n) is 11.6. The van der Waals surface area contributed by atoms with Crippen LogP contribution in [0.15, 0.2) is 36.5 Å². The smallest absolute Gasteiger partial charge is 0.268 e. The van der Waals surface area contributed by atoms with Crippen LogP contribution in [0.4, 0.5) is 0 Å². The number of likely N-dealkylation sites (N-methyl/N-ethyl adjacent to an activating group) is 1. The summed E-state index contributed by atoms with van der Waals surface area (Å²) in [7, 11) is 1.24. The largest absolute Gasteiger partial charge is 0.756 e. The lowest BCUT2D eigenvalue weighted by atomic mass is 10.0. The average molecular weight is 881 g/mol. The molecule has 0 aliphatic rings. The number of aliphatic hydroxyl groups excluding tert-OH is 1. The summed E-state index contributed by atoms with van der Waals surface area (Å²) in [6, 6.07) is -0.906. The molecule has 61 heavy (non-hydrogen) atoms. The second kappa shape index (κ2) is 43.9. The molecule has 360 valence electrons. The fraction of sp³-hybridized carbons (Fsp3) is 0.865. The maximum Gasteiger partial charge on any atom is 0.268 e. The molecule has 0 bridgehead atoms. The van der Waals surface area contributed by atoms with E-state index < -0.39 is 26.6 Å². The molecule has 3 atom stereocenters. The van der Waals surface area contributed by atoms with E-state index in [9.17, 15) is 19.4 Å². The number of quaternary nitrogens is 1. The van der Waals surface area contributed by atoms with Crippen molar-refractivity contribution in [1.82, 2.24) is 5.32 Å². The van der Waals surface area contributed by atoms with Gasteiger partial charge in [-0.1, -0.05) is 224 Å². The first kappa shape index (κ1) is 59.7. The Bertz CT molecular complexity index is 1090. The molecule has 0 aliphatic heterocycles. The third kappa shape index (κ3) is 46.5. The summed E-state index contributed by atoms with van der Waals surface area (Å²) in [5, 5.41) is 13.8. The quantitative estimate of drug-likeness (QED) is 0.0273. The van der Waals surface area contributed by atoms with Crippen LogP contribution in [0.2, 0.25) is 0 Å². The molecule has 0 aromatic carbocycles. The van der Waals surface area contributed by atoms with Gasteiger partial charge in [0.25, 0.3) is 7.82 Å². The molecule has 8 nitrogen and oxygen atoms in total. The minimum absolute atomic E-state index is 0.00764. The molecule has 0 spiro atoms. The van der Waals surface area contributed by atoms with Gasteiger partial charge in [-0.05, 0) is 44.9 Å². The van der Waals surface area contributed by atoms with E-state index in [-0.39, 0.29) is 12.5 Å². The van der Waals surface area contributed by atoms with E-state index in [1.807, 2.05) is 27.2 Å². The Kier molecular flexibility index (Phi) is 43.0. The first-order valence-corrected chi connectivity index (χ1v) is 27.3.